The predicted molar refractivity (Wildman–Crippen MR) is 91.3 cm³/mol. The van der Waals surface area contributed by atoms with Crippen LogP contribution in [0.4, 0.5) is 24.7 Å². The summed E-state index contributed by atoms with van der Waals surface area (Å²) in [6.07, 6.45) is 1.27. The Bertz CT molecular complexity index is 991. The highest BCUT2D eigenvalue weighted by molar-refractivity contribution is 9.10. The summed E-state index contributed by atoms with van der Waals surface area (Å²) in [5.74, 6) is -1.83. The molecule has 0 fully saturated rings. The Morgan fingerprint density at radius 2 is 1.84 bits per heavy atom. The second-order valence-electron chi connectivity index (χ2n) is 5.22. The molecule has 3 rings (SSSR count). The quantitative estimate of drug-likeness (QED) is 0.701. The molecule has 0 aliphatic rings. The van der Waals surface area contributed by atoms with Gasteiger partial charge in [-0.2, -0.15) is 0 Å². The van der Waals surface area contributed by atoms with E-state index < -0.39 is 23.0 Å². The molecule has 1 heterocycles. The first-order valence-corrected chi connectivity index (χ1v) is 7.95. The maximum absolute atomic E-state index is 13.7. The molecule has 0 unspecified atom stereocenters. The van der Waals surface area contributed by atoms with Crippen molar-refractivity contribution in [3.8, 4) is 0 Å². The molecule has 0 spiro atoms. The van der Waals surface area contributed by atoms with Crippen molar-refractivity contribution in [3.63, 3.8) is 0 Å². The Morgan fingerprint density at radius 1 is 1.08 bits per heavy atom. The number of anilines is 2. The van der Waals surface area contributed by atoms with Crippen LogP contribution in [0.1, 0.15) is 5.56 Å². The zero-order chi connectivity index (χ0) is 18.0. The van der Waals surface area contributed by atoms with Crippen molar-refractivity contribution in [1.82, 2.24) is 9.55 Å². The van der Waals surface area contributed by atoms with E-state index in [0.29, 0.717) is 5.56 Å². The zero-order valence-corrected chi connectivity index (χ0v) is 14.2. The van der Waals surface area contributed by atoms with E-state index in [1.807, 2.05) is 0 Å². The van der Waals surface area contributed by atoms with E-state index >= 15 is 0 Å². The van der Waals surface area contributed by atoms with E-state index in [1.54, 1.807) is 12.1 Å². The Hall–Kier alpha value is -2.61. The minimum atomic E-state index is -0.808. The van der Waals surface area contributed by atoms with Crippen LogP contribution in [-0.4, -0.2) is 9.55 Å². The van der Waals surface area contributed by atoms with Crippen molar-refractivity contribution in [3.05, 3.63) is 86.6 Å². The van der Waals surface area contributed by atoms with Gasteiger partial charge in [-0.1, -0.05) is 12.1 Å². The average molecular weight is 410 g/mol. The molecule has 3 aromatic rings. The van der Waals surface area contributed by atoms with Crippen LogP contribution in [0.2, 0.25) is 0 Å². The Balaban J connectivity index is 1.89. The number of hydrogen-bond acceptors (Lipinski definition) is 3. The van der Waals surface area contributed by atoms with Gasteiger partial charge in [0.15, 0.2) is 5.82 Å². The Kier molecular flexibility index (Phi) is 4.89. The maximum Gasteiger partial charge on any atom is 0.270 e. The number of rotatable bonds is 4. The highest BCUT2D eigenvalue weighted by Crippen LogP contribution is 2.23. The molecule has 0 aliphatic heterocycles. The fraction of sp³-hybridized carbons (Fsp3) is 0.0588. The summed E-state index contributed by atoms with van der Waals surface area (Å²) in [5, 5.41) is 2.64. The molecule has 0 radical (unpaired) electrons. The third-order valence-electron chi connectivity index (χ3n) is 3.41. The summed E-state index contributed by atoms with van der Waals surface area (Å²) in [6.45, 7) is 0.132. The third-order valence-corrected chi connectivity index (χ3v) is 4.12. The first-order valence-electron chi connectivity index (χ1n) is 7.15. The molecule has 8 heteroatoms. The van der Waals surface area contributed by atoms with Gasteiger partial charge in [0.1, 0.15) is 28.3 Å². The van der Waals surface area contributed by atoms with Crippen molar-refractivity contribution in [1.29, 1.82) is 0 Å². The van der Waals surface area contributed by atoms with Gasteiger partial charge in [0.2, 0.25) is 0 Å². The van der Waals surface area contributed by atoms with Gasteiger partial charge in [0, 0.05) is 6.07 Å². The van der Waals surface area contributed by atoms with Crippen LogP contribution < -0.4 is 10.9 Å². The van der Waals surface area contributed by atoms with Crippen LogP contribution in [-0.2, 0) is 6.54 Å². The van der Waals surface area contributed by atoms with Crippen molar-refractivity contribution in [2.45, 2.75) is 6.54 Å². The molecule has 0 saturated heterocycles. The largest absolute Gasteiger partial charge is 0.337 e. The smallest absolute Gasteiger partial charge is 0.270 e. The molecule has 128 valence electrons. The highest BCUT2D eigenvalue weighted by Gasteiger charge is 2.12. The highest BCUT2D eigenvalue weighted by atomic mass is 79.9. The molecule has 0 saturated carbocycles. The molecular weight excluding hydrogens is 399 g/mol. The third kappa shape index (κ3) is 3.90. The predicted octanol–water partition coefficient (Wildman–Crippen LogP) is 4.22. The summed E-state index contributed by atoms with van der Waals surface area (Å²) in [5.41, 5.74) is 0.155. The lowest BCUT2D eigenvalue weighted by atomic mass is 10.2. The molecule has 0 bridgehead atoms. The van der Waals surface area contributed by atoms with E-state index in [2.05, 4.69) is 26.2 Å². The molecule has 25 heavy (non-hydrogen) atoms. The second kappa shape index (κ2) is 7.10. The summed E-state index contributed by atoms with van der Waals surface area (Å²) >= 11 is 3.13. The number of nitrogens with zero attached hydrogens (tertiary/aromatic N) is 2. The minimum Gasteiger partial charge on any atom is -0.337 e. The topological polar surface area (TPSA) is 46.9 Å². The number of benzene rings is 2. The molecule has 1 aromatic heterocycles. The summed E-state index contributed by atoms with van der Waals surface area (Å²) in [7, 11) is 0. The van der Waals surface area contributed by atoms with Crippen LogP contribution in [0.25, 0.3) is 0 Å². The molecular formula is C17H11BrF3N3O. The molecule has 4 nitrogen and oxygen atoms in total. The van der Waals surface area contributed by atoms with E-state index in [-0.39, 0.29) is 22.5 Å². The summed E-state index contributed by atoms with van der Waals surface area (Å²) in [6, 6.07) is 8.88. The number of nitrogens with one attached hydrogen (secondary N) is 1. The molecule has 0 amide bonds. The van der Waals surface area contributed by atoms with Crippen molar-refractivity contribution in [2.24, 2.45) is 0 Å². The van der Waals surface area contributed by atoms with Crippen LogP contribution in [0, 0.1) is 17.5 Å². The van der Waals surface area contributed by atoms with Crippen molar-refractivity contribution < 1.29 is 13.2 Å². The van der Waals surface area contributed by atoms with Gasteiger partial charge in [-0.05, 0) is 45.8 Å². The number of halogens is 4. The van der Waals surface area contributed by atoms with Crippen LogP contribution in [0.5, 0.6) is 0 Å². The van der Waals surface area contributed by atoms with E-state index in [9.17, 15) is 18.0 Å². The van der Waals surface area contributed by atoms with Crippen LogP contribution in [0.3, 0.4) is 0 Å². The number of hydrogen-bond donors (Lipinski definition) is 1. The lowest BCUT2D eigenvalue weighted by Gasteiger charge is -2.11. The zero-order valence-electron chi connectivity index (χ0n) is 12.6. The van der Waals surface area contributed by atoms with Crippen molar-refractivity contribution in [2.75, 3.05) is 5.32 Å². The number of aromatic nitrogens is 2. The molecule has 0 aliphatic carbocycles. The summed E-state index contributed by atoms with van der Waals surface area (Å²) < 4.78 is 41.3. The first-order chi connectivity index (χ1) is 11.9. The van der Waals surface area contributed by atoms with E-state index in [0.717, 1.165) is 12.1 Å². The Morgan fingerprint density at radius 3 is 2.56 bits per heavy atom. The van der Waals surface area contributed by atoms with Gasteiger partial charge in [0.25, 0.3) is 5.56 Å². The average Bonchev–Trinajstić information content (AvgIpc) is 2.57. The van der Waals surface area contributed by atoms with Gasteiger partial charge >= 0.3 is 0 Å². The SMILES string of the molecule is O=c1c(Br)c(Nc2ccc(F)cc2F)ncn1Cc1cccc(F)c1. The fourth-order valence-electron chi connectivity index (χ4n) is 2.21. The minimum absolute atomic E-state index is 0.0168. The van der Waals surface area contributed by atoms with Crippen LogP contribution >= 0.6 is 15.9 Å². The lowest BCUT2D eigenvalue weighted by Crippen LogP contribution is -2.23. The maximum atomic E-state index is 13.7. The standard InChI is InChI=1S/C17H11BrF3N3O/c18-15-16(23-14-5-4-12(20)7-13(14)21)22-9-24(17(15)25)8-10-2-1-3-11(19)6-10/h1-7,9,23H,8H2. The van der Waals surface area contributed by atoms with Gasteiger partial charge in [0.05, 0.1) is 12.2 Å². The first kappa shape index (κ1) is 17.2. The molecule has 0 atom stereocenters. The van der Waals surface area contributed by atoms with Gasteiger partial charge < -0.3 is 5.32 Å². The fourth-order valence-corrected chi connectivity index (χ4v) is 2.64. The van der Waals surface area contributed by atoms with E-state index in [4.69, 9.17) is 0 Å². The van der Waals surface area contributed by atoms with Gasteiger partial charge in [-0.3, -0.25) is 9.36 Å². The van der Waals surface area contributed by atoms with Crippen LogP contribution in [0.15, 0.2) is 58.1 Å². The van der Waals surface area contributed by atoms with Crippen molar-refractivity contribution >= 4 is 27.4 Å². The summed E-state index contributed by atoms with van der Waals surface area (Å²) in [4.78, 5) is 16.5. The molecule has 1 N–H and O–H groups in total. The monoisotopic (exact) mass is 409 g/mol. The van der Waals surface area contributed by atoms with Gasteiger partial charge in [-0.25, -0.2) is 18.2 Å². The van der Waals surface area contributed by atoms with Gasteiger partial charge in [-0.15, -0.1) is 0 Å². The second-order valence-corrected chi connectivity index (χ2v) is 6.01. The normalized spacial score (nSPS) is 10.7. The Labute approximate surface area is 149 Å². The lowest BCUT2D eigenvalue weighted by molar-refractivity contribution is 0.586. The van der Waals surface area contributed by atoms with E-state index in [1.165, 1.54) is 29.1 Å². The molecule has 2 aromatic carbocycles.